The zero-order valence-electron chi connectivity index (χ0n) is 13.7. The minimum absolute atomic E-state index is 0.0839. The van der Waals surface area contributed by atoms with Crippen LogP contribution in [0.3, 0.4) is 0 Å². The van der Waals surface area contributed by atoms with Crippen molar-refractivity contribution in [1.29, 1.82) is 0 Å². The smallest absolute Gasteiger partial charge is 0.296 e. The first kappa shape index (κ1) is 19.4. The molecule has 0 radical (unpaired) electrons. The zero-order chi connectivity index (χ0) is 18.2. The van der Waals surface area contributed by atoms with Crippen molar-refractivity contribution < 1.29 is 19.2 Å². The Labute approximate surface area is 155 Å². The van der Waals surface area contributed by atoms with Crippen molar-refractivity contribution >= 4 is 45.6 Å². The Morgan fingerprint density at radius 1 is 1.48 bits per heavy atom. The summed E-state index contributed by atoms with van der Waals surface area (Å²) in [7, 11) is 0. The third-order valence-electron chi connectivity index (χ3n) is 3.35. The molecule has 1 saturated heterocycles. The zero-order valence-corrected chi connectivity index (χ0v) is 15.4. The van der Waals surface area contributed by atoms with Crippen LogP contribution in [0.25, 0.3) is 0 Å². The van der Waals surface area contributed by atoms with Crippen LogP contribution in [0.5, 0.6) is 5.75 Å². The molecule has 1 N–H and O–H groups in total. The predicted molar refractivity (Wildman–Crippen MR) is 100 cm³/mol. The van der Waals surface area contributed by atoms with Gasteiger partial charge in [-0.2, -0.15) is 0 Å². The number of nitro benzene ring substituents is 1. The normalized spacial score (nSPS) is 14.0. The van der Waals surface area contributed by atoms with Crippen LogP contribution in [0.15, 0.2) is 18.2 Å². The van der Waals surface area contributed by atoms with Gasteiger partial charge in [0.15, 0.2) is 0 Å². The first-order valence-electron chi connectivity index (χ1n) is 7.71. The summed E-state index contributed by atoms with van der Waals surface area (Å²) in [5, 5.41) is 13.7. The molecule has 0 aromatic heterocycles. The van der Waals surface area contributed by atoms with E-state index in [9.17, 15) is 14.9 Å². The molecule has 1 aromatic rings. The average Bonchev–Trinajstić information content (AvgIpc) is 2.61. The summed E-state index contributed by atoms with van der Waals surface area (Å²) in [5.41, 5.74) is -0.0728. The van der Waals surface area contributed by atoms with Gasteiger partial charge in [0.2, 0.25) is 5.91 Å². The highest BCUT2D eigenvalue weighted by molar-refractivity contribution is 8.23. The molecule has 10 heteroatoms. The molecule has 1 aromatic carbocycles. The Hall–Kier alpha value is -1.91. The molecule has 0 unspecified atom stereocenters. The minimum atomic E-state index is -0.552. The maximum atomic E-state index is 12.1. The van der Waals surface area contributed by atoms with Gasteiger partial charge in [-0.05, 0) is 19.1 Å². The van der Waals surface area contributed by atoms with Gasteiger partial charge in [-0.15, -0.1) is 0 Å². The van der Waals surface area contributed by atoms with Crippen LogP contribution in [-0.4, -0.2) is 58.7 Å². The highest BCUT2D eigenvalue weighted by atomic mass is 32.2. The lowest BCUT2D eigenvalue weighted by Crippen LogP contribution is -2.39. The largest absolute Gasteiger partial charge is 0.494 e. The number of carbonyl (C=O) groups is 1. The monoisotopic (exact) mass is 385 g/mol. The van der Waals surface area contributed by atoms with E-state index in [2.05, 4.69) is 5.32 Å². The van der Waals surface area contributed by atoms with E-state index < -0.39 is 4.92 Å². The maximum absolute atomic E-state index is 12.1. The molecule has 25 heavy (non-hydrogen) atoms. The van der Waals surface area contributed by atoms with E-state index in [1.54, 1.807) is 13.0 Å². The number of nitrogens with zero attached hydrogens (tertiary/aromatic N) is 2. The fraction of sp³-hybridized carbons (Fsp3) is 0.467. The fourth-order valence-corrected chi connectivity index (χ4v) is 3.23. The first-order valence-corrected chi connectivity index (χ1v) is 9.11. The van der Waals surface area contributed by atoms with Gasteiger partial charge in [-0.1, -0.05) is 24.0 Å². The topological polar surface area (TPSA) is 93.9 Å². The quantitative estimate of drug-likeness (QED) is 0.453. The number of anilines is 1. The van der Waals surface area contributed by atoms with Gasteiger partial charge in [0.25, 0.3) is 5.69 Å². The number of morpholine rings is 1. The highest BCUT2D eigenvalue weighted by Crippen LogP contribution is 2.29. The number of ether oxygens (including phenoxy) is 2. The first-order chi connectivity index (χ1) is 12.0. The second-order valence-corrected chi connectivity index (χ2v) is 6.68. The fourth-order valence-electron chi connectivity index (χ4n) is 2.18. The molecule has 0 aliphatic carbocycles. The molecule has 0 spiro atoms. The van der Waals surface area contributed by atoms with E-state index in [-0.39, 0.29) is 23.0 Å². The number of carbonyl (C=O) groups excluding carboxylic acids is 1. The Balaban J connectivity index is 1.93. The van der Waals surface area contributed by atoms with Crippen molar-refractivity contribution in [2.75, 3.05) is 44.0 Å². The molecule has 1 aliphatic heterocycles. The third kappa shape index (κ3) is 5.83. The second kappa shape index (κ2) is 9.54. The molecule has 0 saturated carbocycles. The van der Waals surface area contributed by atoms with Gasteiger partial charge in [0, 0.05) is 13.1 Å². The van der Waals surface area contributed by atoms with E-state index in [1.807, 2.05) is 4.90 Å². The van der Waals surface area contributed by atoms with Crippen molar-refractivity contribution in [2.24, 2.45) is 0 Å². The van der Waals surface area contributed by atoms with E-state index in [4.69, 9.17) is 21.7 Å². The maximum Gasteiger partial charge on any atom is 0.296 e. The van der Waals surface area contributed by atoms with Crippen molar-refractivity contribution in [3.05, 3.63) is 28.3 Å². The lowest BCUT2D eigenvalue weighted by Gasteiger charge is -2.28. The number of hydrogen-bond acceptors (Lipinski definition) is 7. The number of amides is 1. The Kier molecular flexibility index (Phi) is 7.41. The summed E-state index contributed by atoms with van der Waals surface area (Å²) in [6, 6.07) is 4.34. The molecule has 0 bridgehead atoms. The summed E-state index contributed by atoms with van der Waals surface area (Å²) in [6.45, 7) is 4.83. The molecule has 1 heterocycles. The standard InChI is InChI=1S/C15H19N3O5S2/c1-2-23-11-3-4-12(13(9-11)18(20)21)16-14(19)10-25-15(24)17-5-7-22-8-6-17/h3-4,9H,2,5-8,10H2,1H3,(H,16,19). The summed E-state index contributed by atoms with van der Waals surface area (Å²) in [4.78, 5) is 24.7. The third-order valence-corrected chi connectivity index (χ3v) is 4.87. The molecule has 2 rings (SSSR count). The number of thioether (sulfide) groups is 1. The van der Waals surface area contributed by atoms with Gasteiger partial charge in [-0.25, -0.2) is 0 Å². The molecule has 1 aliphatic rings. The Morgan fingerprint density at radius 3 is 2.84 bits per heavy atom. The summed E-state index contributed by atoms with van der Waals surface area (Å²) >= 11 is 6.53. The molecule has 0 atom stereocenters. The number of benzene rings is 1. The lowest BCUT2D eigenvalue weighted by molar-refractivity contribution is -0.384. The van der Waals surface area contributed by atoms with Gasteiger partial charge >= 0.3 is 0 Å². The summed E-state index contributed by atoms with van der Waals surface area (Å²) < 4.78 is 11.1. The van der Waals surface area contributed by atoms with Crippen molar-refractivity contribution in [3.8, 4) is 5.75 Å². The van der Waals surface area contributed by atoms with E-state index in [0.29, 0.717) is 43.0 Å². The molecular weight excluding hydrogens is 366 g/mol. The van der Waals surface area contributed by atoms with Gasteiger partial charge in [0.1, 0.15) is 15.8 Å². The van der Waals surface area contributed by atoms with Crippen molar-refractivity contribution in [2.45, 2.75) is 6.92 Å². The number of hydrogen-bond donors (Lipinski definition) is 1. The van der Waals surface area contributed by atoms with Gasteiger partial charge in [-0.3, -0.25) is 14.9 Å². The number of thiocarbonyl (C=S) groups is 1. The Bertz CT molecular complexity index is 650. The summed E-state index contributed by atoms with van der Waals surface area (Å²) in [6.07, 6.45) is 0. The summed E-state index contributed by atoms with van der Waals surface area (Å²) in [5.74, 6) is 0.114. The highest BCUT2D eigenvalue weighted by Gasteiger charge is 2.19. The van der Waals surface area contributed by atoms with E-state index >= 15 is 0 Å². The van der Waals surface area contributed by atoms with Crippen LogP contribution in [0.2, 0.25) is 0 Å². The Morgan fingerprint density at radius 2 is 2.20 bits per heavy atom. The van der Waals surface area contributed by atoms with E-state index in [1.165, 1.54) is 23.9 Å². The second-order valence-electron chi connectivity index (χ2n) is 5.07. The van der Waals surface area contributed by atoms with Crippen LogP contribution >= 0.6 is 24.0 Å². The minimum Gasteiger partial charge on any atom is -0.494 e. The van der Waals surface area contributed by atoms with Gasteiger partial charge < -0.3 is 19.7 Å². The van der Waals surface area contributed by atoms with Crippen LogP contribution < -0.4 is 10.1 Å². The number of rotatable bonds is 6. The van der Waals surface area contributed by atoms with Gasteiger partial charge in [0.05, 0.1) is 36.6 Å². The molecular formula is C15H19N3O5S2. The van der Waals surface area contributed by atoms with Crippen LogP contribution in [0, 0.1) is 10.1 Å². The molecule has 1 amide bonds. The van der Waals surface area contributed by atoms with Crippen molar-refractivity contribution in [3.63, 3.8) is 0 Å². The van der Waals surface area contributed by atoms with Crippen LogP contribution in [-0.2, 0) is 9.53 Å². The van der Waals surface area contributed by atoms with Crippen molar-refractivity contribution in [1.82, 2.24) is 4.90 Å². The number of nitro groups is 1. The predicted octanol–water partition coefficient (Wildman–Crippen LogP) is 2.28. The molecule has 136 valence electrons. The molecule has 8 nitrogen and oxygen atoms in total. The van der Waals surface area contributed by atoms with Crippen LogP contribution in [0.1, 0.15) is 6.92 Å². The lowest BCUT2D eigenvalue weighted by atomic mass is 10.2. The SMILES string of the molecule is CCOc1ccc(NC(=O)CSC(=S)N2CCOCC2)c([N+](=O)[O-])c1. The number of nitrogens with one attached hydrogen (secondary N) is 1. The van der Waals surface area contributed by atoms with Crippen LogP contribution in [0.4, 0.5) is 11.4 Å². The molecule has 1 fully saturated rings. The van der Waals surface area contributed by atoms with E-state index in [0.717, 1.165) is 0 Å². The average molecular weight is 385 g/mol.